The molecule has 0 radical (unpaired) electrons. The Morgan fingerprint density at radius 2 is 1.89 bits per heavy atom. The van der Waals surface area contributed by atoms with Crippen LogP contribution in [0.5, 0.6) is 0 Å². The molecule has 0 N–H and O–H groups in total. The first-order valence-corrected chi connectivity index (χ1v) is 7.75. The van der Waals surface area contributed by atoms with Crippen molar-refractivity contribution in [2.45, 2.75) is 32.3 Å². The van der Waals surface area contributed by atoms with E-state index in [9.17, 15) is 9.36 Å². The first-order chi connectivity index (χ1) is 8.52. The van der Waals surface area contributed by atoms with Crippen molar-refractivity contribution in [3.63, 3.8) is 0 Å². The molecule has 1 aliphatic rings. The highest BCUT2D eigenvalue weighted by molar-refractivity contribution is 7.57. The molecule has 1 fully saturated rings. The molecule has 0 aromatic heterocycles. The van der Waals surface area contributed by atoms with Gasteiger partial charge >= 0.3 is 13.6 Å². The van der Waals surface area contributed by atoms with Gasteiger partial charge in [0.2, 0.25) is 0 Å². The Bertz CT molecular complexity index is 357. The number of allylic oxidation sites excluding steroid dienone is 1. The average molecular weight is 276 g/mol. The number of carbonyl (C=O) groups excluding carboxylic acids is 1. The van der Waals surface area contributed by atoms with Gasteiger partial charge in [-0.25, -0.2) is 0 Å². The van der Waals surface area contributed by atoms with E-state index in [4.69, 9.17) is 13.8 Å². The molecule has 0 heterocycles. The van der Waals surface area contributed by atoms with E-state index in [1.165, 1.54) is 0 Å². The Morgan fingerprint density at radius 3 is 2.22 bits per heavy atom. The molecule has 0 spiro atoms. The SMILES string of the molecule is C=C[C@H]1C[C@@]1(C(=O)OCC)P(=O)(OCC)OCC. The largest absolute Gasteiger partial charge is 0.465 e. The third kappa shape index (κ3) is 2.40. The fraction of sp³-hybridized carbons (Fsp3) is 0.750. The average Bonchev–Trinajstić information content (AvgIpc) is 3.06. The Morgan fingerprint density at radius 1 is 1.33 bits per heavy atom. The van der Waals surface area contributed by atoms with Crippen molar-refractivity contribution in [2.75, 3.05) is 19.8 Å². The van der Waals surface area contributed by atoms with Crippen LogP contribution in [0.15, 0.2) is 12.7 Å². The molecular weight excluding hydrogens is 255 g/mol. The summed E-state index contributed by atoms with van der Waals surface area (Å²) in [6.07, 6.45) is 2.02. The maximum atomic E-state index is 12.8. The molecule has 0 amide bonds. The standard InChI is InChI=1S/C12H21O5P/c1-5-10-9-12(10,11(13)15-6-2)18(14,16-7-3)17-8-4/h5,10H,1,6-9H2,2-4H3/t10-,12+/m0/s1. The first kappa shape index (κ1) is 15.4. The Balaban J connectivity index is 3.06. The molecule has 0 aromatic carbocycles. The minimum Gasteiger partial charge on any atom is -0.465 e. The van der Waals surface area contributed by atoms with Gasteiger partial charge in [-0.1, -0.05) is 6.08 Å². The summed E-state index contributed by atoms with van der Waals surface area (Å²) in [5.74, 6) is -0.722. The van der Waals surface area contributed by atoms with Gasteiger partial charge in [0.25, 0.3) is 0 Å². The summed E-state index contributed by atoms with van der Waals surface area (Å²) in [6.45, 7) is 9.49. The molecule has 0 saturated heterocycles. The minimum atomic E-state index is -3.52. The van der Waals surface area contributed by atoms with Crippen LogP contribution in [0, 0.1) is 5.92 Å². The molecular formula is C12H21O5P. The van der Waals surface area contributed by atoms with Crippen molar-refractivity contribution in [2.24, 2.45) is 5.92 Å². The summed E-state index contributed by atoms with van der Waals surface area (Å²) < 4.78 is 28.4. The second-order valence-electron chi connectivity index (χ2n) is 4.02. The van der Waals surface area contributed by atoms with Gasteiger partial charge in [-0.3, -0.25) is 9.36 Å². The molecule has 0 aliphatic heterocycles. The van der Waals surface area contributed by atoms with Crippen LogP contribution >= 0.6 is 7.60 Å². The van der Waals surface area contributed by atoms with Crippen LogP contribution in [0.4, 0.5) is 0 Å². The van der Waals surface area contributed by atoms with Crippen LogP contribution in [-0.4, -0.2) is 30.9 Å². The van der Waals surface area contributed by atoms with Crippen molar-refractivity contribution in [3.8, 4) is 0 Å². The van der Waals surface area contributed by atoms with E-state index >= 15 is 0 Å². The number of hydrogen-bond acceptors (Lipinski definition) is 5. The molecule has 1 rings (SSSR count). The van der Waals surface area contributed by atoms with E-state index in [1.54, 1.807) is 26.8 Å². The molecule has 2 atom stereocenters. The zero-order valence-corrected chi connectivity index (χ0v) is 12.1. The van der Waals surface area contributed by atoms with E-state index in [0.717, 1.165) is 0 Å². The third-order valence-corrected chi connectivity index (χ3v) is 5.86. The van der Waals surface area contributed by atoms with E-state index in [2.05, 4.69) is 6.58 Å². The number of esters is 1. The second-order valence-corrected chi connectivity index (χ2v) is 6.33. The molecule has 1 saturated carbocycles. The lowest BCUT2D eigenvalue weighted by molar-refractivity contribution is -0.144. The van der Waals surface area contributed by atoms with E-state index < -0.39 is 18.7 Å². The van der Waals surface area contributed by atoms with Gasteiger partial charge in [-0.15, -0.1) is 6.58 Å². The highest BCUT2D eigenvalue weighted by Gasteiger charge is 2.73. The molecule has 104 valence electrons. The Labute approximate surface area is 108 Å². The molecule has 6 heteroatoms. The van der Waals surface area contributed by atoms with Gasteiger partial charge in [-0.2, -0.15) is 0 Å². The zero-order chi connectivity index (χ0) is 13.8. The van der Waals surface area contributed by atoms with E-state index in [0.29, 0.717) is 6.42 Å². The smallest absolute Gasteiger partial charge is 0.348 e. The van der Waals surface area contributed by atoms with Crippen LogP contribution < -0.4 is 0 Å². The van der Waals surface area contributed by atoms with E-state index in [1.807, 2.05) is 0 Å². The van der Waals surface area contributed by atoms with Gasteiger partial charge < -0.3 is 13.8 Å². The maximum Gasteiger partial charge on any atom is 0.348 e. The molecule has 0 bridgehead atoms. The van der Waals surface area contributed by atoms with Crippen LogP contribution in [0.1, 0.15) is 27.2 Å². The summed E-state index contributed by atoms with van der Waals surface area (Å²) >= 11 is 0. The first-order valence-electron chi connectivity index (χ1n) is 6.21. The normalized spacial score (nSPS) is 26.7. The van der Waals surface area contributed by atoms with Crippen molar-refractivity contribution < 1.29 is 23.1 Å². The summed E-state index contributed by atoms with van der Waals surface area (Å²) in [5.41, 5.74) is 0. The Hall–Kier alpha value is -0.640. The van der Waals surface area contributed by atoms with Crippen molar-refractivity contribution in [1.82, 2.24) is 0 Å². The van der Waals surface area contributed by atoms with Crippen molar-refractivity contribution in [1.29, 1.82) is 0 Å². The van der Waals surface area contributed by atoms with Gasteiger partial charge in [-0.05, 0) is 27.2 Å². The highest BCUT2D eigenvalue weighted by Crippen LogP contribution is 2.74. The predicted molar refractivity (Wildman–Crippen MR) is 68.5 cm³/mol. The monoisotopic (exact) mass is 276 g/mol. The third-order valence-electron chi connectivity index (χ3n) is 2.98. The molecule has 0 aromatic rings. The molecule has 5 nitrogen and oxygen atoms in total. The van der Waals surface area contributed by atoms with Crippen molar-refractivity contribution in [3.05, 3.63) is 12.7 Å². The molecule has 18 heavy (non-hydrogen) atoms. The molecule has 0 unspecified atom stereocenters. The zero-order valence-electron chi connectivity index (χ0n) is 11.2. The van der Waals surface area contributed by atoms with Crippen LogP contribution in [0.2, 0.25) is 0 Å². The summed E-state index contributed by atoms with van der Waals surface area (Å²) in [4.78, 5) is 12.1. The predicted octanol–water partition coefficient (Wildman–Crippen LogP) is 2.76. The fourth-order valence-electron chi connectivity index (χ4n) is 2.08. The van der Waals surface area contributed by atoms with Gasteiger partial charge in [0.05, 0.1) is 19.8 Å². The maximum absolute atomic E-state index is 12.8. The van der Waals surface area contributed by atoms with Crippen molar-refractivity contribution >= 4 is 13.6 Å². The van der Waals surface area contributed by atoms with Crippen LogP contribution in [-0.2, 0) is 23.1 Å². The summed E-state index contributed by atoms with van der Waals surface area (Å²) in [7, 11) is -3.52. The second kappa shape index (κ2) is 6.00. The lowest BCUT2D eigenvalue weighted by atomic mass is 10.3. The summed E-state index contributed by atoms with van der Waals surface area (Å²) in [5, 5.41) is -1.18. The van der Waals surface area contributed by atoms with Crippen LogP contribution in [0.3, 0.4) is 0 Å². The topological polar surface area (TPSA) is 61.8 Å². The quantitative estimate of drug-likeness (QED) is 0.387. The lowest BCUT2D eigenvalue weighted by Crippen LogP contribution is -2.29. The van der Waals surface area contributed by atoms with Crippen LogP contribution in [0.25, 0.3) is 0 Å². The molecule has 1 aliphatic carbocycles. The highest BCUT2D eigenvalue weighted by atomic mass is 31.2. The lowest BCUT2D eigenvalue weighted by Gasteiger charge is -2.25. The number of carbonyl (C=O) groups is 1. The Kier molecular flexibility index (Phi) is 5.14. The van der Waals surface area contributed by atoms with Gasteiger partial charge in [0.1, 0.15) is 0 Å². The fourth-order valence-corrected chi connectivity index (χ4v) is 4.51. The minimum absolute atomic E-state index is 0.208. The number of hydrogen-bond donors (Lipinski definition) is 0. The van der Waals surface area contributed by atoms with Gasteiger partial charge in [0, 0.05) is 5.92 Å². The number of rotatable bonds is 8. The summed E-state index contributed by atoms with van der Waals surface area (Å²) in [6, 6.07) is 0. The number of ether oxygens (including phenoxy) is 1. The van der Waals surface area contributed by atoms with E-state index in [-0.39, 0.29) is 25.7 Å². The van der Waals surface area contributed by atoms with Gasteiger partial charge in [0.15, 0.2) is 5.16 Å².